The van der Waals surface area contributed by atoms with Crippen molar-refractivity contribution in [3.8, 4) is 6.07 Å². The fourth-order valence-corrected chi connectivity index (χ4v) is 2.46. The van der Waals surface area contributed by atoms with E-state index >= 15 is 0 Å². The fourth-order valence-electron chi connectivity index (χ4n) is 2.46. The average molecular weight is 312 g/mol. The first-order valence-electron chi connectivity index (χ1n) is 7.03. The van der Waals surface area contributed by atoms with Crippen LogP contribution >= 0.6 is 12.4 Å². The Hall–Kier alpha value is -2.44. The second-order valence-electron chi connectivity index (χ2n) is 5.23. The summed E-state index contributed by atoms with van der Waals surface area (Å²) < 4.78 is 0. The van der Waals surface area contributed by atoms with E-state index in [0.29, 0.717) is 5.56 Å². The molecule has 3 nitrogen and oxygen atoms in total. The zero-order chi connectivity index (χ0) is 14.5. The van der Waals surface area contributed by atoms with Gasteiger partial charge in [0.15, 0.2) is 0 Å². The SMILES string of the molecule is Cl.N#Cc1ccc(CN2C=CN(Cc3ccccc3)C2)cc1. The maximum absolute atomic E-state index is 8.81. The second-order valence-corrected chi connectivity index (χ2v) is 5.23. The predicted octanol–water partition coefficient (Wildman–Crippen LogP) is 3.73. The molecule has 22 heavy (non-hydrogen) atoms. The molecule has 0 amide bonds. The molecule has 0 unspecified atom stereocenters. The standard InChI is InChI=1S/C18H17N3.ClH/c19-12-16-6-8-18(9-7-16)14-21-11-10-20(15-21)13-17-4-2-1-3-5-17;/h1-11H,13-15H2;1H. The molecule has 0 fully saturated rings. The Morgan fingerprint density at radius 2 is 1.36 bits per heavy atom. The molecule has 112 valence electrons. The van der Waals surface area contributed by atoms with Crippen LogP contribution in [-0.2, 0) is 13.1 Å². The highest BCUT2D eigenvalue weighted by atomic mass is 35.5. The molecular formula is C18H18ClN3. The minimum atomic E-state index is 0. The van der Waals surface area contributed by atoms with Gasteiger partial charge in [-0.05, 0) is 23.3 Å². The maximum Gasteiger partial charge on any atom is 0.0991 e. The van der Waals surface area contributed by atoms with Gasteiger partial charge in [-0.25, -0.2) is 0 Å². The van der Waals surface area contributed by atoms with Crippen LogP contribution in [0.25, 0.3) is 0 Å². The molecule has 2 aromatic carbocycles. The van der Waals surface area contributed by atoms with E-state index in [9.17, 15) is 0 Å². The molecule has 0 atom stereocenters. The zero-order valence-electron chi connectivity index (χ0n) is 12.2. The minimum absolute atomic E-state index is 0. The minimum Gasteiger partial charge on any atom is -0.354 e. The lowest BCUT2D eigenvalue weighted by Gasteiger charge is -2.21. The van der Waals surface area contributed by atoms with E-state index in [1.807, 2.05) is 30.3 Å². The van der Waals surface area contributed by atoms with Crippen molar-refractivity contribution in [2.75, 3.05) is 6.67 Å². The molecule has 0 saturated carbocycles. The highest BCUT2D eigenvalue weighted by Crippen LogP contribution is 2.15. The molecule has 2 aromatic rings. The first-order valence-corrected chi connectivity index (χ1v) is 7.03. The Labute approximate surface area is 137 Å². The maximum atomic E-state index is 8.81. The number of hydrogen-bond donors (Lipinski definition) is 0. The summed E-state index contributed by atoms with van der Waals surface area (Å²) >= 11 is 0. The van der Waals surface area contributed by atoms with Gasteiger partial charge in [0.2, 0.25) is 0 Å². The van der Waals surface area contributed by atoms with Gasteiger partial charge < -0.3 is 9.80 Å². The molecular weight excluding hydrogens is 294 g/mol. The van der Waals surface area contributed by atoms with Gasteiger partial charge in [0.25, 0.3) is 0 Å². The molecule has 0 radical (unpaired) electrons. The van der Waals surface area contributed by atoms with Gasteiger partial charge in [0.05, 0.1) is 18.3 Å². The van der Waals surface area contributed by atoms with Crippen LogP contribution in [0.5, 0.6) is 0 Å². The van der Waals surface area contributed by atoms with Crippen LogP contribution in [0, 0.1) is 11.3 Å². The lowest BCUT2D eigenvalue weighted by Crippen LogP contribution is -2.24. The van der Waals surface area contributed by atoms with Crippen LogP contribution in [-0.4, -0.2) is 16.5 Å². The van der Waals surface area contributed by atoms with E-state index in [1.54, 1.807) is 0 Å². The Kier molecular flexibility index (Phi) is 5.46. The molecule has 0 aliphatic carbocycles. The van der Waals surface area contributed by atoms with Crippen molar-refractivity contribution in [1.29, 1.82) is 5.26 Å². The molecule has 0 bridgehead atoms. The van der Waals surface area contributed by atoms with Crippen LogP contribution < -0.4 is 0 Å². The van der Waals surface area contributed by atoms with E-state index in [4.69, 9.17) is 5.26 Å². The highest BCUT2D eigenvalue weighted by Gasteiger charge is 2.12. The largest absolute Gasteiger partial charge is 0.354 e. The lowest BCUT2D eigenvalue weighted by molar-refractivity contribution is 0.255. The zero-order valence-corrected chi connectivity index (χ0v) is 13.0. The Bertz CT molecular complexity index is 659. The first kappa shape index (κ1) is 15.9. The monoisotopic (exact) mass is 311 g/mol. The highest BCUT2D eigenvalue weighted by molar-refractivity contribution is 5.85. The van der Waals surface area contributed by atoms with Gasteiger partial charge in [0, 0.05) is 25.5 Å². The van der Waals surface area contributed by atoms with E-state index in [-0.39, 0.29) is 12.4 Å². The lowest BCUT2D eigenvalue weighted by atomic mass is 10.1. The first-order chi connectivity index (χ1) is 10.3. The van der Waals surface area contributed by atoms with Crippen LogP contribution in [0.4, 0.5) is 0 Å². The van der Waals surface area contributed by atoms with Crippen molar-refractivity contribution in [3.05, 3.63) is 83.7 Å². The number of rotatable bonds is 4. The summed E-state index contributed by atoms with van der Waals surface area (Å²) in [5, 5.41) is 8.81. The Morgan fingerprint density at radius 1 is 0.818 bits per heavy atom. The summed E-state index contributed by atoms with van der Waals surface area (Å²) in [5.41, 5.74) is 3.25. The second kappa shape index (κ2) is 7.53. The van der Waals surface area contributed by atoms with Crippen molar-refractivity contribution in [2.45, 2.75) is 13.1 Å². The van der Waals surface area contributed by atoms with E-state index < -0.39 is 0 Å². The number of hydrogen-bond acceptors (Lipinski definition) is 3. The molecule has 3 rings (SSSR count). The fraction of sp³-hybridized carbons (Fsp3) is 0.167. The topological polar surface area (TPSA) is 30.3 Å². The molecule has 4 heteroatoms. The summed E-state index contributed by atoms with van der Waals surface area (Å²) in [6.45, 7) is 2.70. The van der Waals surface area contributed by atoms with Gasteiger partial charge in [-0.3, -0.25) is 0 Å². The van der Waals surface area contributed by atoms with Crippen molar-refractivity contribution in [1.82, 2.24) is 9.80 Å². The van der Waals surface area contributed by atoms with Gasteiger partial charge in [0.1, 0.15) is 0 Å². The van der Waals surface area contributed by atoms with E-state index in [1.165, 1.54) is 11.1 Å². The van der Waals surface area contributed by atoms with Crippen molar-refractivity contribution >= 4 is 12.4 Å². The van der Waals surface area contributed by atoms with Gasteiger partial charge in [-0.2, -0.15) is 5.26 Å². The molecule has 0 aromatic heterocycles. The summed E-state index contributed by atoms with van der Waals surface area (Å²) in [7, 11) is 0. The molecule has 0 N–H and O–H groups in total. The van der Waals surface area contributed by atoms with Gasteiger partial charge >= 0.3 is 0 Å². The van der Waals surface area contributed by atoms with Crippen LogP contribution in [0.3, 0.4) is 0 Å². The summed E-state index contributed by atoms with van der Waals surface area (Å²) in [5.74, 6) is 0. The number of benzene rings is 2. The van der Waals surface area contributed by atoms with Crippen LogP contribution in [0.2, 0.25) is 0 Å². The van der Waals surface area contributed by atoms with Crippen molar-refractivity contribution < 1.29 is 0 Å². The molecule has 0 saturated heterocycles. The quantitative estimate of drug-likeness (QED) is 0.862. The van der Waals surface area contributed by atoms with Crippen LogP contribution in [0.1, 0.15) is 16.7 Å². The smallest absolute Gasteiger partial charge is 0.0991 e. The summed E-state index contributed by atoms with van der Waals surface area (Å²) in [6.07, 6.45) is 4.26. The van der Waals surface area contributed by atoms with Crippen LogP contribution in [0.15, 0.2) is 67.0 Å². The summed E-state index contributed by atoms with van der Waals surface area (Å²) in [4.78, 5) is 4.56. The van der Waals surface area contributed by atoms with Gasteiger partial charge in [-0.1, -0.05) is 42.5 Å². The Morgan fingerprint density at radius 3 is 1.91 bits per heavy atom. The van der Waals surface area contributed by atoms with E-state index in [2.05, 4.69) is 52.5 Å². The number of halogens is 1. The molecule has 1 aliphatic rings. The predicted molar refractivity (Wildman–Crippen MR) is 89.9 cm³/mol. The average Bonchev–Trinajstić information content (AvgIpc) is 2.96. The molecule has 0 spiro atoms. The van der Waals surface area contributed by atoms with Gasteiger partial charge in [-0.15, -0.1) is 12.4 Å². The molecule has 1 heterocycles. The number of nitrogens with zero attached hydrogens (tertiary/aromatic N) is 3. The summed E-state index contributed by atoms with van der Waals surface area (Å²) in [6, 6.07) is 20.4. The number of nitriles is 1. The van der Waals surface area contributed by atoms with E-state index in [0.717, 1.165) is 19.8 Å². The Balaban J connectivity index is 0.00000176. The third kappa shape index (κ3) is 4.03. The normalized spacial score (nSPS) is 12.9. The van der Waals surface area contributed by atoms with Crippen molar-refractivity contribution in [2.24, 2.45) is 0 Å². The third-order valence-electron chi connectivity index (χ3n) is 3.55. The van der Waals surface area contributed by atoms with Crippen molar-refractivity contribution in [3.63, 3.8) is 0 Å². The third-order valence-corrected chi connectivity index (χ3v) is 3.55. The molecule has 1 aliphatic heterocycles.